The van der Waals surface area contributed by atoms with Crippen molar-refractivity contribution in [1.29, 1.82) is 0 Å². The highest BCUT2D eigenvalue weighted by atomic mass is 35.5. The first-order valence-corrected chi connectivity index (χ1v) is 6.82. The van der Waals surface area contributed by atoms with Crippen LogP contribution in [0.5, 0.6) is 0 Å². The third-order valence-corrected chi connectivity index (χ3v) is 3.14. The molecule has 0 unspecified atom stereocenters. The molecule has 1 heterocycles. The van der Waals surface area contributed by atoms with Crippen LogP contribution in [0, 0.1) is 0 Å². The van der Waals surface area contributed by atoms with Gasteiger partial charge in [0.25, 0.3) is 0 Å². The molecule has 0 bridgehead atoms. The van der Waals surface area contributed by atoms with Gasteiger partial charge in [-0.05, 0) is 36.8 Å². The molecule has 1 aromatic heterocycles. The van der Waals surface area contributed by atoms with Gasteiger partial charge in [-0.2, -0.15) is 0 Å². The van der Waals surface area contributed by atoms with Crippen LogP contribution in [0.3, 0.4) is 0 Å². The van der Waals surface area contributed by atoms with Crippen molar-refractivity contribution in [3.8, 4) is 11.3 Å². The molecular formula is C15H14ClNO4. The predicted molar refractivity (Wildman–Crippen MR) is 79.7 cm³/mol. The molecule has 0 atom stereocenters. The van der Waals surface area contributed by atoms with Gasteiger partial charge in [0.1, 0.15) is 5.76 Å². The third kappa shape index (κ3) is 3.64. The maximum absolute atomic E-state index is 11.6. The van der Waals surface area contributed by atoms with Gasteiger partial charge in [0.05, 0.1) is 5.02 Å². The number of aromatic carboxylic acids is 1. The SMILES string of the molecule is CCCC(=O)Nc1ccc(Cl)c(-c2ccc(C(=O)O)o2)c1. The van der Waals surface area contributed by atoms with E-state index in [2.05, 4.69) is 5.32 Å². The summed E-state index contributed by atoms with van der Waals surface area (Å²) >= 11 is 6.10. The summed E-state index contributed by atoms with van der Waals surface area (Å²) in [5.74, 6) is -1.06. The first kappa shape index (κ1) is 15.1. The second-order valence-corrected chi connectivity index (χ2v) is 4.87. The summed E-state index contributed by atoms with van der Waals surface area (Å²) in [6, 6.07) is 7.85. The van der Waals surface area contributed by atoms with Gasteiger partial charge in [0, 0.05) is 17.7 Å². The van der Waals surface area contributed by atoms with E-state index in [1.807, 2.05) is 6.92 Å². The van der Waals surface area contributed by atoms with Gasteiger partial charge in [-0.15, -0.1) is 0 Å². The molecule has 6 heteroatoms. The number of nitrogens with one attached hydrogen (secondary N) is 1. The van der Waals surface area contributed by atoms with E-state index < -0.39 is 5.97 Å². The quantitative estimate of drug-likeness (QED) is 0.873. The molecule has 0 saturated carbocycles. The Balaban J connectivity index is 2.30. The molecule has 1 aromatic carbocycles. The van der Waals surface area contributed by atoms with Crippen molar-refractivity contribution in [2.75, 3.05) is 5.32 Å². The number of furan rings is 1. The Hall–Kier alpha value is -2.27. The number of hydrogen-bond acceptors (Lipinski definition) is 3. The lowest BCUT2D eigenvalue weighted by molar-refractivity contribution is -0.116. The van der Waals surface area contributed by atoms with Crippen molar-refractivity contribution in [2.24, 2.45) is 0 Å². The van der Waals surface area contributed by atoms with E-state index in [0.29, 0.717) is 28.5 Å². The van der Waals surface area contributed by atoms with Crippen LogP contribution in [-0.2, 0) is 4.79 Å². The van der Waals surface area contributed by atoms with E-state index in [1.54, 1.807) is 18.2 Å². The van der Waals surface area contributed by atoms with E-state index in [9.17, 15) is 9.59 Å². The summed E-state index contributed by atoms with van der Waals surface area (Å²) in [4.78, 5) is 22.4. The first-order chi connectivity index (χ1) is 10.0. The van der Waals surface area contributed by atoms with Crippen molar-refractivity contribution >= 4 is 29.2 Å². The molecule has 1 amide bonds. The Bertz CT molecular complexity index is 678. The zero-order valence-corrected chi connectivity index (χ0v) is 12.1. The molecule has 110 valence electrons. The number of benzene rings is 1. The van der Waals surface area contributed by atoms with E-state index in [4.69, 9.17) is 21.1 Å². The lowest BCUT2D eigenvalue weighted by Gasteiger charge is -2.07. The van der Waals surface area contributed by atoms with Gasteiger partial charge in [-0.1, -0.05) is 18.5 Å². The summed E-state index contributed by atoms with van der Waals surface area (Å²) < 4.78 is 5.22. The molecule has 0 fully saturated rings. The minimum atomic E-state index is -1.15. The van der Waals surface area contributed by atoms with E-state index in [0.717, 1.165) is 6.42 Å². The molecule has 0 aliphatic heterocycles. The number of carboxylic acid groups (broad SMARTS) is 1. The van der Waals surface area contributed by atoms with Crippen LogP contribution in [0.25, 0.3) is 11.3 Å². The number of amides is 1. The molecule has 2 N–H and O–H groups in total. The number of carbonyl (C=O) groups excluding carboxylic acids is 1. The molecule has 0 spiro atoms. The maximum atomic E-state index is 11.6. The molecule has 0 saturated heterocycles. The molecule has 0 aliphatic carbocycles. The lowest BCUT2D eigenvalue weighted by Crippen LogP contribution is -2.10. The van der Waals surface area contributed by atoms with Crippen molar-refractivity contribution in [3.05, 3.63) is 41.1 Å². The molecule has 21 heavy (non-hydrogen) atoms. The van der Waals surface area contributed by atoms with Crippen LogP contribution in [0.1, 0.15) is 30.3 Å². The Morgan fingerprint density at radius 3 is 2.67 bits per heavy atom. The lowest BCUT2D eigenvalue weighted by atomic mass is 10.1. The fourth-order valence-corrected chi connectivity index (χ4v) is 2.05. The van der Waals surface area contributed by atoms with Gasteiger partial charge in [0.15, 0.2) is 0 Å². The van der Waals surface area contributed by atoms with E-state index in [1.165, 1.54) is 12.1 Å². The highest BCUT2D eigenvalue weighted by Crippen LogP contribution is 2.32. The summed E-state index contributed by atoms with van der Waals surface area (Å²) in [6.45, 7) is 1.92. The Morgan fingerprint density at radius 1 is 1.29 bits per heavy atom. The average Bonchev–Trinajstić information content (AvgIpc) is 2.91. The summed E-state index contributed by atoms with van der Waals surface area (Å²) in [7, 11) is 0. The number of carbonyl (C=O) groups is 2. The normalized spacial score (nSPS) is 10.4. The number of hydrogen-bond donors (Lipinski definition) is 2. The van der Waals surface area contributed by atoms with E-state index >= 15 is 0 Å². The number of halogens is 1. The number of rotatable bonds is 5. The van der Waals surface area contributed by atoms with Gasteiger partial charge in [-0.3, -0.25) is 4.79 Å². The zero-order chi connectivity index (χ0) is 15.4. The Labute approximate surface area is 126 Å². The average molecular weight is 308 g/mol. The van der Waals surface area contributed by atoms with E-state index in [-0.39, 0.29) is 11.7 Å². The highest BCUT2D eigenvalue weighted by molar-refractivity contribution is 6.33. The fraction of sp³-hybridized carbons (Fsp3) is 0.200. The van der Waals surface area contributed by atoms with Crippen molar-refractivity contribution in [3.63, 3.8) is 0 Å². The molecular weight excluding hydrogens is 294 g/mol. The topological polar surface area (TPSA) is 79.5 Å². The standard InChI is InChI=1S/C15H14ClNO4/c1-2-3-14(18)17-9-4-5-11(16)10(8-9)12-6-7-13(21-12)15(19)20/h4-8H,2-3H2,1H3,(H,17,18)(H,19,20). The van der Waals surface area contributed by atoms with Crippen LogP contribution < -0.4 is 5.32 Å². The van der Waals surface area contributed by atoms with Gasteiger partial charge in [-0.25, -0.2) is 4.79 Å². The minimum Gasteiger partial charge on any atom is -0.475 e. The molecule has 2 aromatic rings. The maximum Gasteiger partial charge on any atom is 0.371 e. The molecule has 2 rings (SSSR count). The summed E-state index contributed by atoms with van der Waals surface area (Å²) in [6.07, 6.45) is 1.19. The van der Waals surface area contributed by atoms with Gasteiger partial charge in [0.2, 0.25) is 11.7 Å². The number of anilines is 1. The minimum absolute atomic E-state index is 0.0866. The van der Waals surface area contributed by atoms with Crippen LogP contribution in [0.15, 0.2) is 34.7 Å². The van der Waals surface area contributed by atoms with Gasteiger partial charge < -0.3 is 14.8 Å². The Morgan fingerprint density at radius 2 is 2.05 bits per heavy atom. The summed E-state index contributed by atoms with van der Waals surface area (Å²) in [5.41, 5.74) is 1.11. The van der Waals surface area contributed by atoms with Crippen LogP contribution in [-0.4, -0.2) is 17.0 Å². The van der Waals surface area contributed by atoms with Crippen molar-refractivity contribution in [1.82, 2.24) is 0 Å². The third-order valence-electron chi connectivity index (χ3n) is 2.81. The second-order valence-electron chi connectivity index (χ2n) is 4.46. The van der Waals surface area contributed by atoms with Gasteiger partial charge >= 0.3 is 5.97 Å². The number of carboxylic acids is 1. The molecule has 0 radical (unpaired) electrons. The first-order valence-electron chi connectivity index (χ1n) is 6.44. The van der Waals surface area contributed by atoms with Crippen molar-refractivity contribution in [2.45, 2.75) is 19.8 Å². The smallest absolute Gasteiger partial charge is 0.371 e. The highest BCUT2D eigenvalue weighted by Gasteiger charge is 2.13. The predicted octanol–water partition coefficient (Wildman–Crippen LogP) is 4.04. The van der Waals surface area contributed by atoms with Crippen LogP contribution in [0.2, 0.25) is 5.02 Å². The molecule has 5 nitrogen and oxygen atoms in total. The molecule has 0 aliphatic rings. The second kappa shape index (κ2) is 6.45. The van der Waals surface area contributed by atoms with Crippen LogP contribution >= 0.6 is 11.6 Å². The fourth-order valence-electron chi connectivity index (χ4n) is 1.84. The largest absolute Gasteiger partial charge is 0.475 e. The Kier molecular flexibility index (Phi) is 4.65. The van der Waals surface area contributed by atoms with Crippen molar-refractivity contribution < 1.29 is 19.1 Å². The monoisotopic (exact) mass is 307 g/mol. The summed E-state index contributed by atoms with van der Waals surface area (Å²) in [5, 5.41) is 12.0. The zero-order valence-electron chi connectivity index (χ0n) is 11.4. The van der Waals surface area contributed by atoms with Crippen LogP contribution in [0.4, 0.5) is 5.69 Å².